The lowest BCUT2D eigenvalue weighted by atomic mass is 10.1. The predicted octanol–water partition coefficient (Wildman–Crippen LogP) is 3.80. The van der Waals surface area contributed by atoms with Crippen LogP contribution in [-0.4, -0.2) is 11.8 Å². The standard InChI is InChI=1S/C16H18FNS/c1-12-5-4-6-13(9-12)10-14(18)11-19-16-8-3-2-7-15(16)17/h2-9,14H,10-11,18H2,1H3. The number of rotatable bonds is 5. The molecule has 0 aliphatic heterocycles. The highest BCUT2D eigenvalue weighted by atomic mass is 32.2. The van der Waals surface area contributed by atoms with Gasteiger partial charge in [-0.1, -0.05) is 42.0 Å². The summed E-state index contributed by atoms with van der Waals surface area (Å²) in [6, 6.07) is 15.2. The summed E-state index contributed by atoms with van der Waals surface area (Å²) in [5.41, 5.74) is 8.59. The van der Waals surface area contributed by atoms with Crippen LogP contribution in [0.5, 0.6) is 0 Å². The van der Waals surface area contributed by atoms with Gasteiger partial charge in [-0.25, -0.2) is 4.39 Å². The molecule has 1 nitrogen and oxygen atoms in total. The Hall–Kier alpha value is -1.32. The first-order chi connectivity index (χ1) is 9.15. The lowest BCUT2D eigenvalue weighted by Gasteiger charge is -2.12. The number of benzene rings is 2. The third-order valence-electron chi connectivity index (χ3n) is 2.87. The fourth-order valence-electron chi connectivity index (χ4n) is 1.96. The molecule has 3 heteroatoms. The molecule has 2 N–H and O–H groups in total. The van der Waals surface area contributed by atoms with E-state index in [1.807, 2.05) is 12.1 Å². The first-order valence-electron chi connectivity index (χ1n) is 6.33. The highest BCUT2D eigenvalue weighted by Crippen LogP contribution is 2.22. The molecule has 2 aromatic rings. The maximum absolute atomic E-state index is 13.5. The van der Waals surface area contributed by atoms with Gasteiger partial charge in [-0.15, -0.1) is 11.8 Å². The topological polar surface area (TPSA) is 26.0 Å². The van der Waals surface area contributed by atoms with E-state index in [0.29, 0.717) is 4.90 Å². The van der Waals surface area contributed by atoms with Crippen molar-refractivity contribution in [3.63, 3.8) is 0 Å². The van der Waals surface area contributed by atoms with Crippen molar-refractivity contribution >= 4 is 11.8 Å². The van der Waals surface area contributed by atoms with Crippen molar-refractivity contribution in [2.75, 3.05) is 5.75 Å². The third kappa shape index (κ3) is 4.37. The summed E-state index contributed by atoms with van der Waals surface area (Å²) in [5, 5.41) is 0. The van der Waals surface area contributed by atoms with E-state index in [4.69, 9.17) is 5.73 Å². The Morgan fingerprint density at radius 3 is 2.68 bits per heavy atom. The lowest BCUT2D eigenvalue weighted by molar-refractivity contribution is 0.601. The van der Waals surface area contributed by atoms with Gasteiger partial charge in [0.1, 0.15) is 5.82 Å². The lowest BCUT2D eigenvalue weighted by Crippen LogP contribution is -2.25. The number of halogens is 1. The zero-order valence-electron chi connectivity index (χ0n) is 11.0. The summed E-state index contributed by atoms with van der Waals surface area (Å²) in [6.07, 6.45) is 0.823. The van der Waals surface area contributed by atoms with Gasteiger partial charge in [0.15, 0.2) is 0 Å². The monoisotopic (exact) mass is 275 g/mol. The van der Waals surface area contributed by atoms with Gasteiger partial charge in [-0.2, -0.15) is 0 Å². The largest absolute Gasteiger partial charge is 0.327 e. The smallest absolute Gasteiger partial charge is 0.136 e. The van der Waals surface area contributed by atoms with E-state index >= 15 is 0 Å². The van der Waals surface area contributed by atoms with Crippen LogP contribution < -0.4 is 5.73 Å². The van der Waals surface area contributed by atoms with Gasteiger partial charge in [-0.3, -0.25) is 0 Å². The van der Waals surface area contributed by atoms with E-state index < -0.39 is 0 Å². The Kier molecular flexibility index (Phi) is 5.00. The number of hydrogen-bond donors (Lipinski definition) is 1. The van der Waals surface area contributed by atoms with E-state index in [0.717, 1.165) is 12.2 Å². The zero-order valence-corrected chi connectivity index (χ0v) is 11.8. The van der Waals surface area contributed by atoms with Crippen LogP contribution in [0.25, 0.3) is 0 Å². The van der Waals surface area contributed by atoms with E-state index in [1.54, 1.807) is 12.1 Å². The van der Waals surface area contributed by atoms with E-state index in [-0.39, 0.29) is 11.9 Å². The number of hydrogen-bond acceptors (Lipinski definition) is 2. The minimum atomic E-state index is -0.171. The Morgan fingerprint density at radius 2 is 1.95 bits per heavy atom. The fourth-order valence-corrected chi connectivity index (χ4v) is 2.85. The van der Waals surface area contributed by atoms with Gasteiger partial charge in [0.25, 0.3) is 0 Å². The summed E-state index contributed by atoms with van der Waals surface area (Å²) < 4.78 is 13.5. The quantitative estimate of drug-likeness (QED) is 0.840. The Bertz CT molecular complexity index is 542. The highest BCUT2D eigenvalue weighted by molar-refractivity contribution is 7.99. The Labute approximate surface area is 118 Å². The first kappa shape index (κ1) is 14.1. The molecule has 0 aliphatic rings. The van der Waals surface area contributed by atoms with Gasteiger partial charge < -0.3 is 5.73 Å². The van der Waals surface area contributed by atoms with Crippen LogP contribution >= 0.6 is 11.8 Å². The minimum Gasteiger partial charge on any atom is -0.327 e. The molecule has 2 rings (SSSR count). The summed E-state index contributed by atoms with van der Waals surface area (Å²) in [4.78, 5) is 0.669. The van der Waals surface area contributed by atoms with Gasteiger partial charge in [0.05, 0.1) is 0 Å². The average molecular weight is 275 g/mol. The molecule has 1 unspecified atom stereocenters. The molecule has 0 amide bonds. The zero-order chi connectivity index (χ0) is 13.7. The second-order valence-corrected chi connectivity index (χ2v) is 5.76. The summed E-state index contributed by atoms with van der Waals surface area (Å²) in [5.74, 6) is 0.546. The molecule has 0 saturated heterocycles. The molecule has 19 heavy (non-hydrogen) atoms. The SMILES string of the molecule is Cc1cccc(CC(N)CSc2ccccc2F)c1. The van der Waals surface area contributed by atoms with Crippen LogP contribution in [0.4, 0.5) is 4.39 Å². The van der Waals surface area contributed by atoms with E-state index in [2.05, 4.69) is 25.1 Å². The average Bonchev–Trinajstić information content (AvgIpc) is 2.38. The Morgan fingerprint density at radius 1 is 1.16 bits per heavy atom. The molecule has 2 aromatic carbocycles. The number of aryl methyl sites for hydroxylation is 1. The van der Waals surface area contributed by atoms with Crippen LogP contribution in [-0.2, 0) is 6.42 Å². The van der Waals surface area contributed by atoms with Gasteiger partial charge in [0, 0.05) is 16.7 Å². The molecule has 0 saturated carbocycles. The molecular formula is C16H18FNS. The van der Waals surface area contributed by atoms with Crippen molar-refractivity contribution in [3.8, 4) is 0 Å². The van der Waals surface area contributed by atoms with E-state index in [9.17, 15) is 4.39 Å². The second kappa shape index (κ2) is 6.73. The summed E-state index contributed by atoms with van der Waals surface area (Å²) in [7, 11) is 0. The van der Waals surface area contributed by atoms with Crippen LogP contribution in [0.2, 0.25) is 0 Å². The molecule has 0 aliphatic carbocycles. The van der Waals surface area contributed by atoms with Crippen LogP contribution in [0.15, 0.2) is 53.4 Å². The maximum atomic E-state index is 13.5. The van der Waals surface area contributed by atoms with Crippen LogP contribution in [0, 0.1) is 12.7 Å². The molecule has 0 aromatic heterocycles. The molecule has 1 atom stereocenters. The number of thioether (sulfide) groups is 1. The third-order valence-corrected chi connectivity index (χ3v) is 4.11. The van der Waals surface area contributed by atoms with Gasteiger partial charge >= 0.3 is 0 Å². The van der Waals surface area contributed by atoms with Crippen molar-refractivity contribution in [2.45, 2.75) is 24.3 Å². The molecule has 0 spiro atoms. The van der Waals surface area contributed by atoms with Gasteiger partial charge in [-0.05, 0) is 31.0 Å². The highest BCUT2D eigenvalue weighted by Gasteiger charge is 2.07. The molecule has 100 valence electrons. The van der Waals surface area contributed by atoms with Gasteiger partial charge in [0.2, 0.25) is 0 Å². The van der Waals surface area contributed by atoms with Crippen LogP contribution in [0.3, 0.4) is 0 Å². The summed E-state index contributed by atoms with van der Waals surface area (Å²) in [6.45, 7) is 2.07. The molecule has 0 heterocycles. The molecule has 0 fully saturated rings. The maximum Gasteiger partial charge on any atom is 0.136 e. The van der Waals surface area contributed by atoms with Crippen LogP contribution in [0.1, 0.15) is 11.1 Å². The van der Waals surface area contributed by atoms with Crippen molar-refractivity contribution in [1.82, 2.24) is 0 Å². The van der Waals surface area contributed by atoms with E-state index in [1.165, 1.54) is 29.0 Å². The summed E-state index contributed by atoms with van der Waals surface area (Å²) >= 11 is 1.48. The molecule has 0 radical (unpaired) electrons. The molecular weight excluding hydrogens is 257 g/mol. The van der Waals surface area contributed by atoms with Crippen molar-refractivity contribution in [3.05, 3.63) is 65.5 Å². The van der Waals surface area contributed by atoms with Crippen molar-refractivity contribution in [2.24, 2.45) is 5.73 Å². The Balaban J connectivity index is 1.88. The first-order valence-corrected chi connectivity index (χ1v) is 7.32. The minimum absolute atomic E-state index is 0.0337. The fraction of sp³-hybridized carbons (Fsp3) is 0.250. The number of nitrogens with two attached hydrogens (primary N) is 1. The van der Waals surface area contributed by atoms with Crippen molar-refractivity contribution in [1.29, 1.82) is 0 Å². The second-order valence-electron chi connectivity index (χ2n) is 4.69. The van der Waals surface area contributed by atoms with Crippen molar-refractivity contribution < 1.29 is 4.39 Å². The predicted molar refractivity (Wildman–Crippen MR) is 80.0 cm³/mol. The molecule has 0 bridgehead atoms. The normalized spacial score (nSPS) is 12.4.